The Morgan fingerprint density at radius 1 is 0.929 bits per heavy atom. The maximum absolute atomic E-state index is 12.3. The van der Waals surface area contributed by atoms with Gasteiger partial charge in [-0.15, -0.1) is 0 Å². The lowest BCUT2D eigenvalue weighted by atomic mass is 10.3. The van der Waals surface area contributed by atoms with E-state index in [0.29, 0.717) is 36.1 Å². The molecule has 0 bridgehead atoms. The van der Waals surface area contributed by atoms with E-state index in [4.69, 9.17) is 0 Å². The fraction of sp³-hybridized carbons (Fsp3) is 0.100. The molecule has 4 rings (SSSR count). The Balaban J connectivity index is 1.28. The Morgan fingerprint density at radius 3 is 2.68 bits per heavy atom. The van der Waals surface area contributed by atoms with Gasteiger partial charge in [-0.05, 0) is 30.3 Å². The first-order valence-electron chi connectivity index (χ1n) is 8.87. The van der Waals surface area contributed by atoms with E-state index in [1.54, 1.807) is 12.3 Å². The zero-order valence-electron chi connectivity index (χ0n) is 15.0. The van der Waals surface area contributed by atoms with E-state index in [9.17, 15) is 4.79 Å². The quantitative estimate of drug-likeness (QED) is 0.431. The number of nitrogens with zero attached hydrogens (tertiary/aromatic N) is 4. The van der Waals surface area contributed by atoms with E-state index < -0.39 is 0 Å². The molecule has 1 amide bonds. The molecule has 3 N–H and O–H groups in total. The minimum atomic E-state index is -0.106. The Labute approximate surface area is 161 Å². The lowest BCUT2D eigenvalue weighted by Gasteiger charge is -2.08. The Hall–Kier alpha value is -3.94. The Bertz CT molecular complexity index is 1050. The largest absolute Gasteiger partial charge is 0.368 e. The summed E-state index contributed by atoms with van der Waals surface area (Å²) in [6.45, 7) is 1.01. The number of amides is 1. The summed E-state index contributed by atoms with van der Waals surface area (Å²) in [6, 6.07) is 15.1. The number of anilines is 3. The standard InChI is InChI=1S/C20H19N7O/c28-20(15-11-16-5-2-4-10-27(16)13-15)23-9-8-22-18-12-19(25-14-24-18)26-17-6-1-3-7-21-17/h1-7,10-14H,8-9H2,(H,23,28)(H2,21,22,24,25,26). The van der Waals surface area contributed by atoms with Crippen LogP contribution in [0.5, 0.6) is 0 Å². The summed E-state index contributed by atoms with van der Waals surface area (Å²) in [5.74, 6) is 1.91. The second kappa shape index (κ2) is 8.17. The molecule has 0 aromatic carbocycles. The number of nitrogens with one attached hydrogen (secondary N) is 3. The van der Waals surface area contributed by atoms with Crippen molar-refractivity contribution in [1.82, 2.24) is 24.7 Å². The maximum Gasteiger partial charge on any atom is 0.252 e. The predicted octanol–water partition coefficient (Wildman–Crippen LogP) is 2.71. The molecule has 0 radical (unpaired) electrons. The van der Waals surface area contributed by atoms with Crippen molar-refractivity contribution in [3.8, 4) is 0 Å². The number of hydrogen-bond donors (Lipinski definition) is 3. The fourth-order valence-corrected chi connectivity index (χ4v) is 2.74. The van der Waals surface area contributed by atoms with Crippen LogP contribution in [-0.4, -0.2) is 38.3 Å². The molecule has 0 saturated heterocycles. The molecule has 28 heavy (non-hydrogen) atoms. The molecular formula is C20H19N7O. The number of fused-ring (bicyclic) bond motifs is 1. The summed E-state index contributed by atoms with van der Waals surface area (Å²) < 4.78 is 1.92. The van der Waals surface area contributed by atoms with Gasteiger partial charge in [0.1, 0.15) is 23.8 Å². The van der Waals surface area contributed by atoms with Gasteiger partial charge < -0.3 is 20.4 Å². The molecule has 0 aliphatic rings. The van der Waals surface area contributed by atoms with Crippen LogP contribution in [0.2, 0.25) is 0 Å². The second-order valence-electron chi connectivity index (χ2n) is 6.07. The molecule has 8 nitrogen and oxygen atoms in total. The number of rotatable bonds is 7. The number of hydrogen-bond acceptors (Lipinski definition) is 6. The lowest BCUT2D eigenvalue weighted by molar-refractivity contribution is 0.0955. The first kappa shape index (κ1) is 17.5. The van der Waals surface area contributed by atoms with Crippen molar-refractivity contribution < 1.29 is 4.79 Å². The summed E-state index contributed by atoms with van der Waals surface area (Å²) in [7, 11) is 0. The predicted molar refractivity (Wildman–Crippen MR) is 108 cm³/mol. The van der Waals surface area contributed by atoms with Gasteiger partial charge in [0.25, 0.3) is 5.91 Å². The third kappa shape index (κ3) is 4.24. The van der Waals surface area contributed by atoms with Crippen molar-refractivity contribution in [2.75, 3.05) is 23.7 Å². The first-order valence-corrected chi connectivity index (χ1v) is 8.87. The molecule has 0 saturated carbocycles. The molecule has 0 fully saturated rings. The van der Waals surface area contributed by atoms with E-state index in [2.05, 4.69) is 30.9 Å². The summed E-state index contributed by atoms with van der Waals surface area (Å²) in [5.41, 5.74) is 1.62. The van der Waals surface area contributed by atoms with Crippen LogP contribution in [0.4, 0.5) is 17.5 Å². The molecule has 0 unspecified atom stereocenters. The van der Waals surface area contributed by atoms with Gasteiger partial charge in [-0.25, -0.2) is 15.0 Å². The minimum absolute atomic E-state index is 0.106. The van der Waals surface area contributed by atoms with Crippen LogP contribution < -0.4 is 16.0 Å². The van der Waals surface area contributed by atoms with Crippen LogP contribution in [0.15, 0.2) is 73.4 Å². The summed E-state index contributed by atoms with van der Waals surface area (Å²) in [5, 5.41) is 9.19. The molecule has 0 aliphatic heterocycles. The number of aromatic nitrogens is 4. The molecule has 4 aromatic heterocycles. The average molecular weight is 373 g/mol. The molecule has 4 heterocycles. The Kier molecular flexibility index (Phi) is 5.10. The SMILES string of the molecule is O=C(NCCNc1cc(Nc2ccccn2)ncn1)c1cc2ccccn2c1. The highest BCUT2D eigenvalue weighted by Gasteiger charge is 2.08. The zero-order valence-corrected chi connectivity index (χ0v) is 15.0. The van der Waals surface area contributed by atoms with Crippen LogP contribution in [0.1, 0.15) is 10.4 Å². The third-order valence-corrected chi connectivity index (χ3v) is 4.07. The van der Waals surface area contributed by atoms with E-state index >= 15 is 0 Å². The molecule has 0 spiro atoms. The first-order chi connectivity index (χ1) is 13.8. The normalized spacial score (nSPS) is 10.6. The van der Waals surface area contributed by atoms with Crippen molar-refractivity contribution in [1.29, 1.82) is 0 Å². The van der Waals surface area contributed by atoms with Crippen LogP contribution in [0.3, 0.4) is 0 Å². The number of carbonyl (C=O) groups is 1. The number of pyridine rings is 2. The van der Waals surface area contributed by atoms with E-state index in [-0.39, 0.29) is 5.91 Å². The van der Waals surface area contributed by atoms with Gasteiger partial charge in [-0.3, -0.25) is 4.79 Å². The molecule has 4 aromatic rings. The van der Waals surface area contributed by atoms with Crippen molar-refractivity contribution in [2.24, 2.45) is 0 Å². The van der Waals surface area contributed by atoms with Crippen molar-refractivity contribution in [3.05, 3.63) is 79.0 Å². The van der Waals surface area contributed by atoms with Gasteiger partial charge in [-0.2, -0.15) is 0 Å². The monoisotopic (exact) mass is 373 g/mol. The van der Waals surface area contributed by atoms with Crippen LogP contribution in [-0.2, 0) is 0 Å². The second-order valence-corrected chi connectivity index (χ2v) is 6.07. The topological polar surface area (TPSA) is 96.2 Å². The molecule has 0 aliphatic carbocycles. The number of carbonyl (C=O) groups excluding carboxylic acids is 1. The highest BCUT2D eigenvalue weighted by Crippen LogP contribution is 2.13. The highest BCUT2D eigenvalue weighted by atomic mass is 16.1. The van der Waals surface area contributed by atoms with Gasteiger partial charge in [0, 0.05) is 43.3 Å². The van der Waals surface area contributed by atoms with Crippen LogP contribution >= 0.6 is 0 Å². The van der Waals surface area contributed by atoms with Gasteiger partial charge in [0.05, 0.1) is 5.56 Å². The minimum Gasteiger partial charge on any atom is -0.368 e. The van der Waals surface area contributed by atoms with E-state index in [1.807, 2.05) is 59.3 Å². The highest BCUT2D eigenvalue weighted by molar-refractivity contribution is 5.95. The smallest absolute Gasteiger partial charge is 0.252 e. The van der Waals surface area contributed by atoms with Gasteiger partial charge in [-0.1, -0.05) is 12.1 Å². The van der Waals surface area contributed by atoms with Crippen LogP contribution in [0.25, 0.3) is 5.52 Å². The molecule has 140 valence electrons. The maximum atomic E-state index is 12.3. The molecule has 8 heteroatoms. The van der Waals surface area contributed by atoms with Crippen molar-refractivity contribution in [3.63, 3.8) is 0 Å². The van der Waals surface area contributed by atoms with Crippen molar-refractivity contribution >= 4 is 28.9 Å². The van der Waals surface area contributed by atoms with Gasteiger partial charge in [0.15, 0.2) is 0 Å². The summed E-state index contributed by atoms with van der Waals surface area (Å²) >= 11 is 0. The molecule has 0 atom stereocenters. The van der Waals surface area contributed by atoms with Crippen molar-refractivity contribution in [2.45, 2.75) is 0 Å². The van der Waals surface area contributed by atoms with Crippen LogP contribution in [0, 0.1) is 0 Å². The summed E-state index contributed by atoms with van der Waals surface area (Å²) in [4.78, 5) is 24.9. The van der Waals surface area contributed by atoms with E-state index in [0.717, 1.165) is 5.52 Å². The fourth-order valence-electron chi connectivity index (χ4n) is 2.74. The Morgan fingerprint density at radius 2 is 1.82 bits per heavy atom. The molecular weight excluding hydrogens is 354 g/mol. The van der Waals surface area contributed by atoms with Gasteiger partial charge in [0.2, 0.25) is 0 Å². The average Bonchev–Trinajstić information content (AvgIpc) is 3.17. The van der Waals surface area contributed by atoms with Gasteiger partial charge >= 0.3 is 0 Å². The third-order valence-electron chi connectivity index (χ3n) is 4.07. The summed E-state index contributed by atoms with van der Waals surface area (Å²) in [6.07, 6.45) is 6.91. The zero-order chi connectivity index (χ0) is 19.2. The van der Waals surface area contributed by atoms with E-state index in [1.165, 1.54) is 6.33 Å². The lowest BCUT2D eigenvalue weighted by Crippen LogP contribution is -2.28.